The number of hydrogen-bond acceptors (Lipinski definition) is 2. The van der Waals surface area contributed by atoms with Crippen molar-refractivity contribution in [1.29, 1.82) is 0 Å². The molecule has 36 heavy (non-hydrogen) atoms. The van der Waals surface area contributed by atoms with Crippen molar-refractivity contribution in [2.75, 3.05) is 5.32 Å². The fraction of sp³-hybridized carbons (Fsp3) is 0.267. The zero-order chi connectivity index (χ0) is 25.3. The summed E-state index contributed by atoms with van der Waals surface area (Å²) in [5, 5.41) is 10.2. The fourth-order valence-electron chi connectivity index (χ4n) is 5.09. The zero-order valence-corrected chi connectivity index (χ0v) is 20.4. The van der Waals surface area contributed by atoms with Crippen LogP contribution in [-0.4, -0.2) is 22.0 Å². The molecule has 5 rings (SSSR count). The minimum atomic E-state index is -2.51. The van der Waals surface area contributed by atoms with E-state index in [1.165, 1.54) is 11.1 Å². The number of nitrogens with one attached hydrogen (secondary N) is 2. The number of aliphatic imine (C=N–C) groups is 1. The first-order valence-electron chi connectivity index (χ1n) is 12.3. The Balaban J connectivity index is 1.27. The number of anilines is 1. The number of alkyl halides is 2. The molecular weight excluding hydrogens is 454 g/mol. The van der Waals surface area contributed by atoms with Crippen molar-refractivity contribution in [2.24, 2.45) is 16.8 Å². The molecule has 1 saturated carbocycles. The first kappa shape index (κ1) is 23.9. The number of rotatable bonds is 7. The first-order chi connectivity index (χ1) is 17.3. The Hall–Kier alpha value is -3.80. The molecule has 1 atom stereocenters. The van der Waals surface area contributed by atoms with Crippen LogP contribution in [0.4, 0.5) is 14.5 Å². The largest absolute Gasteiger partial charge is 0.340 e. The van der Waals surface area contributed by atoms with Crippen molar-refractivity contribution in [1.82, 2.24) is 10.2 Å². The van der Waals surface area contributed by atoms with Crippen molar-refractivity contribution in [3.63, 3.8) is 0 Å². The van der Waals surface area contributed by atoms with Gasteiger partial charge in [-0.05, 0) is 78.1 Å². The predicted molar refractivity (Wildman–Crippen MR) is 143 cm³/mol. The number of fused-ring (bicyclic) bond motifs is 1. The second-order valence-electron chi connectivity index (χ2n) is 9.76. The van der Waals surface area contributed by atoms with E-state index < -0.39 is 5.92 Å². The van der Waals surface area contributed by atoms with E-state index in [4.69, 9.17) is 4.99 Å². The van der Waals surface area contributed by atoms with Crippen molar-refractivity contribution in [2.45, 2.75) is 38.5 Å². The Kier molecular flexibility index (Phi) is 6.44. The lowest BCUT2D eigenvalue weighted by Crippen LogP contribution is -2.37. The van der Waals surface area contributed by atoms with E-state index in [1.54, 1.807) is 6.20 Å². The molecule has 1 fully saturated rings. The van der Waals surface area contributed by atoms with Gasteiger partial charge in [-0.25, -0.2) is 13.8 Å². The van der Waals surface area contributed by atoms with Gasteiger partial charge in [0.1, 0.15) is 5.84 Å². The maximum Gasteiger partial charge on any atom is 0.249 e. The Morgan fingerprint density at radius 1 is 1.06 bits per heavy atom. The summed E-state index contributed by atoms with van der Waals surface area (Å²) < 4.78 is 26.7. The normalized spacial score (nSPS) is 19.2. The summed E-state index contributed by atoms with van der Waals surface area (Å²) in [4.78, 5) is 4.76. The summed E-state index contributed by atoms with van der Waals surface area (Å²) in [5.41, 5.74) is 8.12. The third-order valence-corrected chi connectivity index (χ3v) is 7.18. The van der Waals surface area contributed by atoms with Crippen LogP contribution < -0.4 is 5.32 Å². The average Bonchev–Trinajstić information content (AvgIpc) is 3.52. The number of benzene rings is 2. The van der Waals surface area contributed by atoms with Crippen molar-refractivity contribution in [3.05, 3.63) is 102 Å². The molecule has 0 bridgehead atoms. The highest BCUT2D eigenvalue weighted by Gasteiger charge is 2.47. The third kappa shape index (κ3) is 5.08. The Morgan fingerprint density at radius 2 is 1.81 bits per heavy atom. The van der Waals surface area contributed by atoms with Crippen LogP contribution in [0.25, 0.3) is 16.8 Å². The van der Waals surface area contributed by atoms with E-state index in [0.29, 0.717) is 11.5 Å². The van der Waals surface area contributed by atoms with E-state index in [9.17, 15) is 8.78 Å². The molecule has 0 spiro atoms. The molecule has 0 saturated heterocycles. The number of allylic oxidation sites excluding steroid dienone is 2. The number of nitrogens with zero attached hydrogens (tertiary/aromatic N) is 2. The van der Waals surface area contributed by atoms with Gasteiger partial charge < -0.3 is 5.32 Å². The third-order valence-electron chi connectivity index (χ3n) is 7.18. The maximum atomic E-state index is 13.3. The first-order valence-corrected chi connectivity index (χ1v) is 12.3. The summed E-state index contributed by atoms with van der Waals surface area (Å²) >= 11 is 0. The van der Waals surface area contributed by atoms with E-state index in [-0.39, 0.29) is 24.7 Å². The highest BCUT2D eigenvalue weighted by Crippen LogP contribution is 2.49. The molecule has 4 nitrogen and oxygen atoms in total. The van der Waals surface area contributed by atoms with Gasteiger partial charge in [0, 0.05) is 30.3 Å². The second kappa shape index (κ2) is 9.69. The standard InChI is InChI=1S/C30H30F2N4/c1-4-5-29(36-28-10-8-21(9-11-28)27-17-33-34-18-27)35-20(3)22-6-7-23-13-24(14-25(23)12-22)19(2)26-15-30(31,32)16-26/h4-12,17-18,24,26H,2-3,13-16H2,1H3,(H,33,34)(H,35,36)/b5-4-. The smallest absolute Gasteiger partial charge is 0.249 e. The van der Waals surface area contributed by atoms with Crippen LogP contribution in [0.2, 0.25) is 0 Å². The van der Waals surface area contributed by atoms with Crippen LogP contribution in [-0.2, 0) is 12.8 Å². The molecule has 3 aromatic rings. The van der Waals surface area contributed by atoms with E-state index in [0.717, 1.165) is 40.8 Å². The molecule has 0 amide bonds. The van der Waals surface area contributed by atoms with Gasteiger partial charge in [0.2, 0.25) is 5.92 Å². The minimum absolute atomic E-state index is 0.0533. The lowest BCUT2D eigenvalue weighted by Gasteiger charge is -2.38. The van der Waals surface area contributed by atoms with E-state index >= 15 is 0 Å². The molecule has 2 aliphatic rings. The van der Waals surface area contributed by atoms with E-state index in [2.05, 4.69) is 40.8 Å². The zero-order valence-electron chi connectivity index (χ0n) is 20.4. The Morgan fingerprint density at radius 3 is 2.47 bits per heavy atom. The molecule has 0 radical (unpaired) electrons. The Bertz CT molecular complexity index is 1330. The monoisotopic (exact) mass is 484 g/mol. The van der Waals surface area contributed by atoms with Crippen LogP contribution in [0.3, 0.4) is 0 Å². The van der Waals surface area contributed by atoms with Crippen molar-refractivity contribution < 1.29 is 8.78 Å². The van der Waals surface area contributed by atoms with Crippen LogP contribution in [0, 0.1) is 11.8 Å². The molecule has 1 unspecified atom stereocenters. The number of aromatic nitrogens is 2. The highest BCUT2D eigenvalue weighted by atomic mass is 19.3. The van der Waals surface area contributed by atoms with Gasteiger partial charge in [-0.15, -0.1) is 0 Å². The maximum absolute atomic E-state index is 13.3. The number of hydrogen-bond donors (Lipinski definition) is 2. The topological polar surface area (TPSA) is 53.1 Å². The van der Waals surface area contributed by atoms with Gasteiger partial charge in [-0.3, -0.25) is 5.10 Å². The summed E-state index contributed by atoms with van der Waals surface area (Å²) in [6, 6.07) is 14.4. The molecule has 184 valence electrons. The van der Waals surface area contributed by atoms with Crippen molar-refractivity contribution >= 4 is 17.2 Å². The number of amidine groups is 1. The lowest BCUT2D eigenvalue weighted by atomic mass is 9.72. The minimum Gasteiger partial charge on any atom is -0.340 e. The quantitative estimate of drug-likeness (QED) is 0.208. The molecule has 6 heteroatoms. The van der Waals surface area contributed by atoms with Crippen LogP contribution in [0.1, 0.15) is 36.5 Å². The summed E-state index contributed by atoms with van der Waals surface area (Å²) in [5.74, 6) is -1.64. The average molecular weight is 485 g/mol. The van der Waals surface area contributed by atoms with Crippen molar-refractivity contribution in [3.8, 4) is 11.1 Å². The highest BCUT2D eigenvalue weighted by molar-refractivity contribution is 6.06. The van der Waals surface area contributed by atoms with Gasteiger partial charge in [-0.1, -0.05) is 49.1 Å². The second-order valence-corrected chi connectivity index (χ2v) is 9.76. The summed E-state index contributed by atoms with van der Waals surface area (Å²) in [7, 11) is 0. The van der Waals surface area contributed by atoms with Crippen LogP contribution in [0.5, 0.6) is 0 Å². The number of halogens is 2. The molecule has 1 aromatic heterocycles. The molecule has 2 aliphatic carbocycles. The number of aromatic amines is 1. The van der Waals surface area contributed by atoms with E-state index in [1.807, 2.05) is 55.6 Å². The van der Waals surface area contributed by atoms with Crippen LogP contribution in [0.15, 0.2) is 90.7 Å². The molecular formula is C30H30F2N4. The van der Waals surface area contributed by atoms with Crippen LogP contribution >= 0.6 is 0 Å². The van der Waals surface area contributed by atoms with Gasteiger partial charge in [0.15, 0.2) is 0 Å². The SMILES string of the molecule is C=C(/N=C(\C=C/C)Nc1ccc(-c2cn[nH]c2)cc1)c1ccc2c(c1)CC(C(=C)C1CC(F)(F)C1)C2. The lowest BCUT2D eigenvalue weighted by molar-refractivity contribution is -0.101. The predicted octanol–water partition coefficient (Wildman–Crippen LogP) is 7.45. The Labute approximate surface area is 210 Å². The molecule has 0 aliphatic heterocycles. The van der Waals surface area contributed by atoms with Gasteiger partial charge in [-0.2, -0.15) is 5.10 Å². The van der Waals surface area contributed by atoms with Gasteiger partial charge in [0.05, 0.1) is 11.9 Å². The summed E-state index contributed by atoms with van der Waals surface area (Å²) in [6.45, 7) is 10.3. The molecule has 2 aromatic carbocycles. The van der Waals surface area contributed by atoms with Gasteiger partial charge >= 0.3 is 0 Å². The van der Waals surface area contributed by atoms with Gasteiger partial charge in [0.25, 0.3) is 0 Å². The molecule has 2 N–H and O–H groups in total. The fourth-order valence-corrected chi connectivity index (χ4v) is 5.09. The molecule has 1 heterocycles. The summed E-state index contributed by atoms with van der Waals surface area (Å²) in [6.07, 6.45) is 9.10. The number of H-pyrrole nitrogens is 1.